The van der Waals surface area contributed by atoms with Crippen molar-refractivity contribution in [2.45, 2.75) is 18.5 Å². The Morgan fingerprint density at radius 1 is 1.02 bits per heavy atom. The molecule has 4 aromatic rings. The van der Waals surface area contributed by atoms with E-state index < -0.39 is 54.9 Å². The highest BCUT2D eigenvalue weighted by Gasteiger charge is 2.29. The van der Waals surface area contributed by atoms with E-state index in [-0.39, 0.29) is 49.5 Å². The second-order valence-electron chi connectivity index (χ2n) is 9.17. The average Bonchev–Trinajstić information content (AvgIpc) is 3.52. The first-order chi connectivity index (χ1) is 22.7. The number of nitrogens with one attached hydrogen (secondary N) is 3. The van der Waals surface area contributed by atoms with Crippen molar-refractivity contribution < 1.29 is 49.8 Å². The molecule has 0 radical (unpaired) electrons. The Hall–Kier alpha value is -5.07. The molecule has 0 fully saturated rings. The van der Waals surface area contributed by atoms with Gasteiger partial charge in [-0.05, 0) is 19.1 Å². The summed E-state index contributed by atoms with van der Waals surface area (Å²) in [6, 6.07) is 2.43. The lowest BCUT2D eigenvalue weighted by Gasteiger charge is -2.10. The summed E-state index contributed by atoms with van der Waals surface area (Å²) < 4.78 is 88.1. The number of rotatable bonds is 10. The van der Waals surface area contributed by atoms with Crippen LogP contribution in [-0.4, -0.2) is 88.5 Å². The molecule has 1 aromatic carbocycles. The fraction of sp³-hybridized carbons (Fsp3) is 0.261. The SMILES string of the molecule is COc1cc(OC)nc(NC(=O)NS(=O)(=O)c2c(C(=O)O)cnn2C)n1.Cc1nn(-c2cc(NS(C)(=O)=O)c(Cl)cc2Cl)c(=O)n1C(F)F. The van der Waals surface area contributed by atoms with Crippen LogP contribution in [0, 0.1) is 6.92 Å². The second kappa shape index (κ2) is 15.0. The molecule has 3 heterocycles. The van der Waals surface area contributed by atoms with E-state index in [9.17, 15) is 40.0 Å². The number of aromatic nitrogens is 7. The fourth-order valence-electron chi connectivity index (χ4n) is 3.69. The number of hydrogen-bond donors (Lipinski definition) is 4. The third kappa shape index (κ3) is 9.30. The number of carbonyl (C=O) groups is 2. The van der Waals surface area contributed by atoms with Gasteiger partial charge in [-0.3, -0.25) is 14.7 Å². The number of benzene rings is 1. The number of ether oxygens (including phenoxy) is 2. The number of carboxylic acids is 1. The highest BCUT2D eigenvalue weighted by atomic mass is 35.5. The minimum absolute atomic E-state index is 0.0257. The van der Waals surface area contributed by atoms with Gasteiger partial charge in [-0.25, -0.2) is 32.1 Å². The first kappa shape index (κ1) is 38.4. The predicted molar refractivity (Wildman–Crippen MR) is 167 cm³/mol. The average molecular weight is 774 g/mol. The zero-order chi connectivity index (χ0) is 37.0. The number of urea groups is 1. The van der Waals surface area contributed by atoms with Crippen LogP contribution in [0.2, 0.25) is 10.0 Å². The molecule has 20 nitrogen and oxygen atoms in total. The van der Waals surface area contributed by atoms with Gasteiger partial charge in [-0.15, -0.1) is 5.10 Å². The Morgan fingerprint density at radius 3 is 2.10 bits per heavy atom. The molecule has 0 aliphatic carbocycles. The van der Waals surface area contributed by atoms with Crippen molar-refractivity contribution in [3.63, 3.8) is 0 Å². The number of anilines is 2. The van der Waals surface area contributed by atoms with Crippen LogP contribution in [0.4, 0.5) is 25.2 Å². The monoisotopic (exact) mass is 772 g/mol. The minimum atomic E-state index is -4.53. The molecular weight excluding hydrogens is 749 g/mol. The van der Waals surface area contributed by atoms with Crippen LogP contribution in [0.25, 0.3) is 5.69 Å². The van der Waals surface area contributed by atoms with Crippen LogP contribution in [0.3, 0.4) is 0 Å². The zero-order valence-electron chi connectivity index (χ0n) is 25.5. The van der Waals surface area contributed by atoms with E-state index in [0.29, 0.717) is 4.68 Å². The van der Waals surface area contributed by atoms with Crippen molar-refractivity contribution in [1.29, 1.82) is 0 Å². The molecule has 26 heteroatoms. The van der Waals surface area contributed by atoms with E-state index >= 15 is 0 Å². The van der Waals surface area contributed by atoms with Crippen LogP contribution in [0.1, 0.15) is 22.7 Å². The molecule has 266 valence electrons. The van der Waals surface area contributed by atoms with Crippen molar-refractivity contribution in [2.75, 3.05) is 30.5 Å². The zero-order valence-corrected chi connectivity index (χ0v) is 28.6. The van der Waals surface area contributed by atoms with Gasteiger partial charge in [0.15, 0.2) is 5.03 Å². The maximum absolute atomic E-state index is 12.8. The van der Waals surface area contributed by atoms with Crippen LogP contribution in [0.5, 0.6) is 11.8 Å². The summed E-state index contributed by atoms with van der Waals surface area (Å²) in [7, 11) is -4.32. The summed E-state index contributed by atoms with van der Waals surface area (Å²) in [5, 5.41) is 17.6. The number of aryl methyl sites for hydroxylation is 2. The van der Waals surface area contributed by atoms with Crippen molar-refractivity contribution in [3.8, 4) is 17.4 Å². The van der Waals surface area contributed by atoms with Gasteiger partial charge in [-0.2, -0.15) is 36.9 Å². The lowest BCUT2D eigenvalue weighted by molar-refractivity contribution is 0.0639. The highest BCUT2D eigenvalue weighted by molar-refractivity contribution is 7.92. The number of amides is 2. The maximum Gasteiger partial charge on any atom is 0.355 e. The molecule has 3 aromatic heterocycles. The van der Waals surface area contributed by atoms with Gasteiger partial charge in [0.2, 0.25) is 27.7 Å². The van der Waals surface area contributed by atoms with Gasteiger partial charge in [0.25, 0.3) is 10.0 Å². The van der Waals surface area contributed by atoms with Gasteiger partial charge < -0.3 is 14.6 Å². The third-order valence-electron chi connectivity index (χ3n) is 5.65. The molecule has 0 aliphatic rings. The number of methoxy groups -OCH3 is 2. The second-order valence-corrected chi connectivity index (χ2v) is 13.3. The Balaban J connectivity index is 0.000000267. The largest absolute Gasteiger partial charge is 0.481 e. The van der Waals surface area contributed by atoms with Gasteiger partial charge in [0, 0.05) is 7.05 Å². The quantitative estimate of drug-likeness (QED) is 0.179. The number of alkyl halides is 2. The van der Waals surface area contributed by atoms with E-state index in [4.69, 9.17) is 37.8 Å². The normalized spacial score (nSPS) is 11.4. The van der Waals surface area contributed by atoms with Gasteiger partial charge in [0.05, 0.1) is 54.2 Å². The molecule has 0 atom stereocenters. The number of carbonyl (C=O) groups excluding carboxylic acids is 1. The summed E-state index contributed by atoms with van der Waals surface area (Å²) in [6.45, 7) is -1.85. The first-order valence-corrected chi connectivity index (χ1v) is 16.8. The molecular formula is C23H24Cl2F2N10O10S2. The fourth-order valence-corrected chi connectivity index (χ4v) is 6.04. The summed E-state index contributed by atoms with van der Waals surface area (Å²) >= 11 is 11.8. The van der Waals surface area contributed by atoms with E-state index in [1.165, 1.54) is 40.3 Å². The number of nitrogens with zero attached hydrogens (tertiary/aromatic N) is 7. The topological polar surface area (TPSA) is 261 Å². The summed E-state index contributed by atoms with van der Waals surface area (Å²) in [5.74, 6) is -1.91. The molecule has 0 spiro atoms. The van der Waals surface area contributed by atoms with E-state index in [1.54, 1.807) is 4.72 Å². The van der Waals surface area contributed by atoms with Crippen LogP contribution in [0.15, 0.2) is 34.2 Å². The molecule has 4 N–H and O–H groups in total. The standard InChI is InChI=1S/C12H14N6O7S.C11H10Cl2F2N4O3S/c1-18-9(6(5-13-18)10(19)20)26(22,23)17-12(21)16-11-14-7(24-2)4-8(15-11)25-3;1-5-16-19(11(20)18(5)10(14)15)9-4-8(17-23(2,21)22)6(12)3-7(9)13/h4-5H,1-3H3,(H,19,20)(H2,14,15,16,17,21);3-4,10,17H,1-2H3. The van der Waals surface area contributed by atoms with Gasteiger partial charge >= 0.3 is 24.2 Å². The molecule has 0 unspecified atom stereocenters. The van der Waals surface area contributed by atoms with Crippen molar-refractivity contribution >= 4 is 66.9 Å². The molecule has 4 rings (SSSR count). The van der Waals surface area contributed by atoms with Gasteiger partial charge in [-0.1, -0.05) is 23.2 Å². The van der Waals surface area contributed by atoms with E-state index in [0.717, 1.165) is 23.2 Å². The predicted octanol–water partition coefficient (Wildman–Crippen LogP) is 1.85. The molecule has 0 bridgehead atoms. The number of aromatic carboxylic acids is 1. The van der Waals surface area contributed by atoms with Crippen molar-refractivity contribution in [1.82, 2.24) is 38.8 Å². The Bertz CT molecular complexity index is 2170. The molecule has 0 saturated heterocycles. The Kier molecular flexibility index (Phi) is 11.8. The van der Waals surface area contributed by atoms with Crippen molar-refractivity contribution in [2.24, 2.45) is 7.05 Å². The maximum atomic E-state index is 12.8. The number of hydrogen-bond acceptors (Lipinski definition) is 13. The van der Waals surface area contributed by atoms with Crippen LogP contribution in [-0.2, 0) is 27.1 Å². The first-order valence-electron chi connectivity index (χ1n) is 12.7. The van der Waals surface area contributed by atoms with Crippen molar-refractivity contribution in [3.05, 3.63) is 56.3 Å². The lowest BCUT2D eigenvalue weighted by atomic mass is 10.3. The Labute approximate surface area is 284 Å². The minimum Gasteiger partial charge on any atom is -0.481 e. The van der Waals surface area contributed by atoms with Crippen LogP contribution >= 0.6 is 23.2 Å². The molecule has 49 heavy (non-hydrogen) atoms. The van der Waals surface area contributed by atoms with Crippen LogP contribution < -0.4 is 29.9 Å². The van der Waals surface area contributed by atoms with Gasteiger partial charge in [0.1, 0.15) is 11.4 Å². The smallest absolute Gasteiger partial charge is 0.355 e. The summed E-state index contributed by atoms with van der Waals surface area (Å²) in [4.78, 5) is 42.7. The Morgan fingerprint density at radius 2 is 1.61 bits per heavy atom. The summed E-state index contributed by atoms with van der Waals surface area (Å²) in [6.07, 6.45) is 1.75. The molecule has 2 amide bonds. The number of sulfonamides is 2. The third-order valence-corrected chi connectivity index (χ3v) is 8.31. The van der Waals surface area contributed by atoms with E-state index in [2.05, 4.69) is 30.2 Å². The highest BCUT2D eigenvalue weighted by Crippen LogP contribution is 2.31. The molecule has 0 saturated carbocycles. The van der Waals surface area contributed by atoms with E-state index in [1.807, 2.05) is 0 Å². The number of carboxylic acid groups (broad SMARTS) is 1. The lowest BCUT2D eigenvalue weighted by Crippen LogP contribution is -2.36. The molecule has 0 aliphatic heterocycles. The number of halogens is 4. The summed E-state index contributed by atoms with van der Waals surface area (Å²) in [5.41, 5.74) is -1.86.